The Morgan fingerprint density at radius 3 is 2.33 bits per heavy atom. The summed E-state index contributed by atoms with van der Waals surface area (Å²) in [5.41, 5.74) is 0. The van der Waals surface area contributed by atoms with E-state index in [9.17, 15) is 22.8 Å². The maximum absolute atomic E-state index is 11.8. The van der Waals surface area contributed by atoms with Crippen LogP contribution in [-0.4, -0.2) is 44.4 Å². The highest BCUT2D eigenvalue weighted by Gasteiger charge is 2.28. The zero-order valence-corrected chi connectivity index (χ0v) is 11.9. The van der Waals surface area contributed by atoms with E-state index in [4.69, 9.17) is 0 Å². The van der Waals surface area contributed by atoms with Gasteiger partial charge in [0.15, 0.2) is 0 Å². The van der Waals surface area contributed by atoms with Crippen molar-refractivity contribution in [2.75, 3.05) is 20.3 Å². The molecule has 1 amide bonds. The minimum Gasteiger partial charge on any atom is -0.469 e. The monoisotopic (exact) mass is 311 g/mol. The first-order valence-electron chi connectivity index (χ1n) is 6.83. The Morgan fingerprint density at radius 1 is 1.19 bits per heavy atom. The number of nitrogens with one attached hydrogen (secondary N) is 1. The van der Waals surface area contributed by atoms with Gasteiger partial charge in [-0.25, -0.2) is 0 Å². The zero-order valence-electron chi connectivity index (χ0n) is 11.9. The molecule has 1 saturated carbocycles. The van der Waals surface area contributed by atoms with Gasteiger partial charge in [-0.3, -0.25) is 9.59 Å². The number of amides is 1. The summed E-state index contributed by atoms with van der Waals surface area (Å²) in [5, 5.41) is 2.74. The lowest BCUT2D eigenvalue weighted by Gasteiger charge is -2.27. The average molecular weight is 311 g/mol. The van der Waals surface area contributed by atoms with E-state index in [1.54, 1.807) is 0 Å². The highest BCUT2D eigenvalue weighted by Crippen LogP contribution is 2.25. The third kappa shape index (κ3) is 7.31. The molecule has 0 aromatic rings. The van der Waals surface area contributed by atoms with Gasteiger partial charge in [0, 0.05) is 12.5 Å². The Balaban J connectivity index is 2.15. The molecular weight excluding hydrogens is 291 g/mol. The predicted octanol–water partition coefficient (Wildman–Crippen LogP) is 1.80. The maximum atomic E-state index is 11.8. The second-order valence-electron chi connectivity index (χ2n) is 5.06. The van der Waals surface area contributed by atoms with Crippen molar-refractivity contribution in [2.24, 2.45) is 5.92 Å². The number of hydrogen-bond acceptors (Lipinski definition) is 4. The summed E-state index contributed by atoms with van der Waals surface area (Å²) in [6.07, 6.45) is -1.87. The van der Waals surface area contributed by atoms with Gasteiger partial charge in [0.05, 0.1) is 19.6 Å². The minimum absolute atomic E-state index is 0.0407. The summed E-state index contributed by atoms with van der Waals surface area (Å²) in [7, 11) is 1.34. The fourth-order valence-electron chi connectivity index (χ4n) is 2.29. The molecule has 1 aliphatic rings. The van der Waals surface area contributed by atoms with Gasteiger partial charge in [0.2, 0.25) is 5.91 Å². The van der Waals surface area contributed by atoms with Crippen molar-refractivity contribution in [3.8, 4) is 0 Å². The Labute approximate surface area is 121 Å². The van der Waals surface area contributed by atoms with E-state index in [2.05, 4.69) is 14.8 Å². The molecule has 0 radical (unpaired) electrons. The van der Waals surface area contributed by atoms with E-state index < -0.39 is 12.8 Å². The average Bonchev–Trinajstić information content (AvgIpc) is 2.42. The van der Waals surface area contributed by atoms with Gasteiger partial charge in [0.1, 0.15) is 6.61 Å². The van der Waals surface area contributed by atoms with Crippen molar-refractivity contribution in [1.82, 2.24) is 5.32 Å². The maximum Gasteiger partial charge on any atom is 0.411 e. The van der Waals surface area contributed by atoms with E-state index in [-0.39, 0.29) is 36.9 Å². The van der Waals surface area contributed by atoms with E-state index in [0.717, 1.165) is 0 Å². The Morgan fingerprint density at radius 2 is 1.81 bits per heavy atom. The highest BCUT2D eigenvalue weighted by atomic mass is 19.4. The van der Waals surface area contributed by atoms with Gasteiger partial charge in [-0.05, 0) is 25.7 Å². The first kappa shape index (κ1) is 17.7. The van der Waals surface area contributed by atoms with Crippen molar-refractivity contribution in [3.63, 3.8) is 0 Å². The summed E-state index contributed by atoms with van der Waals surface area (Å²) in [6.45, 7) is -1.60. The number of rotatable bonds is 6. The summed E-state index contributed by atoms with van der Waals surface area (Å²) >= 11 is 0. The molecule has 0 aliphatic heterocycles. The van der Waals surface area contributed by atoms with Crippen LogP contribution in [0.25, 0.3) is 0 Å². The predicted molar refractivity (Wildman–Crippen MR) is 67.4 cm³/mol. The Bertz CT molecular complexity index is 352. The van der Waals surface area contributed by atoms with E-state index in [1.807, 2.05) is 0 Å². The fraction of sp³-hybridized carbons (Fsp3) is 0.846. The molecule has 0 aromatic heterocycles. The van der Waals surface area contributed by atoms with E-state index in [0.29, 0.717) is 25.7 Å². The highest BCUT2D eigenvalue weighted by molar-refractivity contribution is 5.76. The molecule has 1 N–H and O–H groups in total. The molecule has 21 heavy (non-hydrogen) atoms. The smallest absolute Gasteiger partial charge is 0.411 e. The van der Waals surface area contributed by atoms with Crippen molar-refractivity contribution < 1.29 is 32.2 Å². The van der Waals surface area contributed by atoms with Crippen LogP contribution in [0.15, 0.2) is 0 Å². The number of methoxy groups -OCH3 is 1. The molecule has 0 spiro atoms. The molecule has 5 nitrogen and oxygen atoms in total. The van der Waals surface area contributed by atoms with Crippen molar-refractivity contribution >= 4 is 11.9 Å². The van der Waals surface area contributed by atoms with Crippen molar-refractivity contribution in [1.29, 1.82) is 0 Å². The second kappa shape index (κ2) is 8.21. The Kier molecular flexibility index (Phi) is 6.94. The van der Waals surface area contributed by atoms with E-state index in [1.165, 1.54) is 7.11 Å². The van der Waals surface area contributed by atoms with Gasteiger partial charge < -0.3 is 14.8 Å². The standard InChI is InChI=1S/C13H20F3NO4/c1-20-12(19)9-2-4-10(5-3-9)17-11(18)6-7-21-8-13(14,15)16/h9-10H,2-8H2,1H3,(H,17,18). The molecule has 0 aromatic carbocycles. The van der Waals surface area contributed by atoms with Crippen LogP contribution >= 0.6 is 0 Å². The van der Waals surface area contributed by atoms with Crippen LogP contribution < -0.4 is 5.32 Å². The number of carbonyl (C=O) groups excluding carboxylic acids is 2. The van der Waals surface area contributed by atoms with E-state index >= 15 is 0 Å². The van der Waals surface area contributed by atoms with Gasteiger partial charge in [-0.2, -0.15) is 13.2 Å². The molecular formula is C13H20F3NO4. The van der Waals surface area contributed by atoms with Gasteiger partial charge in [-0.15, -0.1) is 0 Å². The van der Waals surface area contributed by atoms with Gasteiger partial charge in [-0.1, -0.05) is 0 Å². The zero-order chi connectivity index (χ0) is 15.9. The number of alkyl halides is 3. The molecule has 0 atom stereocenters. The van der Waals surface area contributed by atoms with Crippen LogP contribution in [0, 0.1) is 5.92 Å². The van der Waals surface area contributed by atoms with Crippen molar-refractivity contribution in [3.05, 3.63) is 0 Å². The lowest BCUT2D eigenvalue weighted by atomic mass is 9.86. The molecule has 1 fully saturated rings. The molecule has 1 rings (SSSR count). The van der Waals surface area contributed by atoms with Gasteiger partial charge >= 0.3 is 12.1 Å². The normalized spacial score (nSPS) is 22.7. The molecule has 0 unspecified atom stereocenters. The van der Waals surface area contributed by atoms with Crippen LogP contribution in [0.2, 0.25) is 0 Å². The number of esters is 1. The molecule has 0 bridgehead atoms. The van der Waals surface area contributed by atoms with Crippen LogP contribution in [0.4, 0.5) is 13.2 Å². The summed E-state index contributed by atoms with van der Waals surface area (Å²) < 4.78 is 44.5. The molecule has 8 heteroatoms. The number of hydrogen-bond donors (Lipinski definition) is 1. The summed E-state index contributed by atoms with van der Waals surface area (Å²) in [5.74, 6) is -0.697. The first-order chi connectivity index (χ1) is 9.81. The van der Waals surface area contributed by atoms with Crippen LogP contribution in [0.1, 0.15) is 32.1 Å². The minimum atomic E-state index is -4.37. The number of ether oxygens (including phenoxy) is 2. The van der Waals surface area contributed by atoms with Crippen molar-refractivity contribution in [2.45, 2.75) is 44.3 Å². The molecule has 1 aliphatic carbocycles. The SMILES string of the molecule is COC(=O)C1CCC(NC(=O)CCOCC(F)(F)F)CC1. The molecule has 0 heterocycles. The second-order valence-corrected chi connectivity index (χ2v) is 5.06. The molecule has 122 valence electrons. The third-order valence-electron chi connectivity index (χ3n) is 3.37. The van der Waals surface area contributed by atoms with Gasteiger partial charge in [0.25, 0.3) is 0 Å². The lowest BCUT2D eigenvalue weighted by Crippen LogP contribution is -2.39. The fourth-order valence-corrected chi connectivity index (χ4v) is 2.29. The van der Waals surface area contributed by atoms with Crippen LogP contribution in [0.5, 0.6) is 0 Å². The molecule has 0 saturated heterocycles. The quantitative estimate of drug-likeness (QED) is 0.600. The van der Waals surface area contributed by atoms with Crippen LogP contribution in [-0.2, 0) is 19.1 Å². The number of halogens is 3. The summed E-state index contributed by atoms with van der Waals surface area (Å²) in [4.78, 5) is 22.9. The first-order valence-corrected chi connectivity index (χ1v) is 6.83. The topological polar surface area (TPSA) is 64.6 Å². The van der Waals surface area contributed by atoms with Crippen LogP contribution in [0.3, 0.4) is 0 Å². The third-order valence-corrected chi connectivity index (χ3v) is 3.37. The number of carbonyl (C=O) groups is 2. The largest absolute Gasteiger partial charge is 0.469 e. The Hall–Kier alpha value is -1.31. The lowest BCUT2D eigenvalue weighted by molar-refractivity contribution is -0.174. The summed E-state index contributed by atoms with van der Waals surface area (Å²) in [6, 6.07) is -0.0407.